The smallest absolute Gasteiger partial charge is 0.253 e. The van der Waals surface area contributed by atoms with Crippen molar-refractivity contribution >= 4 is 11.8 Å². The average Bonchev–Trinajstić information content (AvgIpc) is 3.16. The van der Waals surface area contributed by atoms with E-state index in [1.54, 1.807) is 31.2 Å². The number of benzene rings is 1. The molecule has 148 valence electrons. The van der Waals surface area contributed by atoms with Crippen molar-refractivity contribution in [1.82, 2.24) is 15.6 Å². The number of nitrogens with zero attached hydrogens (tertiary/aromatic N) is 1. The average molecular weight is 385 g/mol. The highest BCUT2D eigenvalue weighted by Gasteiger charge is 2.31. The summed E-state index contributed by atoms with van der Waals surface area (Å²) in [6.45, 7) is 1.64. The van der Waals surface area contributed by atoms with Gasteiger partial charge in [0.05, 0.1) is 17.9 Å². The summed E-state index contributed by atoms with van der Waals surface area (Å²) in [5.41, 5.74) is 1.65. The normalized spacial score (nSPS) is 19.8. The van der Waals surface area contributed by atoms with E-state index in [4.69, 9.17) is 5.11 Å². The van der Waals surface area contributed by atoms with E-state index in [1.165, 1.54) is 18.3 Å². The first kappa shape index (κ1) is 19.9. The minimum Gasteiger partial charge on any atom is -0.394 e. The Hall–Kier alpha value is -2.80. The SMILES string of the molecule is CC(CO)NC(=O)[C@@H]1CC[C@H](NC(=O)c2ccc(-c3cccc(F)c3)nc2)C1. The molecular weight excluding hydrogens is 361 g/mol. The van der Waals surface area contributed by atoms with Crippen LogP contribution in [0.5, 0.6) is 0 Å². The van der Waals surface area contributed by atoms with Crippen molar-refractivity contribution in [3.8, 4) is 11.3 Å². The molecule has 0 aliphatic heterocycles. The Kier molecular flexibility index (Phi) is 6.36. The third-order valence-corrected chi connectivity index (χ3v) is 4.95. The number of hydrogen-bond donors (Lipinski definition) is 3. The zero-order valence-corrected chi connectivity index (χ0v) is 15.7. The minimum absolute atomic E-state index is 0.0735. The van der Waals surface area contributed by atoms with Crippen LogP contribution in [0.1, 0.15) is 36.5 Å². The fourth-order valence-corrected chi connectivity index (χ4v) is 3.37. The van der Waals surface area contributed by atoms with Gasteiger partial charge in [-0.15, -0.1) is 0 Å². The highest BCUT2D eigenvalue weighted by Crippen LogP contribution is 2.26. The Balaban J connectivity index is 1.56. The summed E-state index contributed by atoms with van der Waals surface area (Å²) >= 11 is 0. The maximum atomic E-state index is 13.3. The topological polar surface area (TPSA) is 91.3 Å². The van der Waals surface area contributed by atoms with E-state index in [2.05, 4.69) is 15.6 Å². The summed E-state index contributed by atoms with van der Waals surface area (Å²) in [5.74, 6) is -0.824. The van der Waals surface area contributed by atoms with Gasteiger partial charge >= 0.3 is 0 Å². The molecule has 0 saturated heterocycles. The van der Waals surface area contributed by atoms with Gasteiger partial charge in [-0.2, -0.15) is 0 Å². The second-order valence-corrected chi connectivity index (χ2v) is 7.22. The van der Waals surface area contributed by atoms with Crippen molar-refractivity contribution < 1.29 is 19.1 Å². The lowest BCUT2D eigenvalue weighted by Gasteiger charge is -2.16. The monoisotopic (exact) mass is 385 g/mol. The van der Waals surface area contributed by atoms with Crippen molar-refractivity contribution in [3.63, 3.8) is 0 Å². The van der Waals surface area contributed by atoms with E-state index in [0.29, 0.717) is 29.7 Å². The molecule has 1 heterocycles. The number of aromatic nitrogens is 1. The minimum atomic E-state index is -0.339. The summed E-state index contributed by atoms with van der Waals surface area (Å²) < 4.78 is 13.3. The molecule has 3 N–H and O–H groups in total. The predicted molar refractivity (Wildman–Crippen MR) is 103 cm³/mol. The largest absolute Gasteiger partial charge is 0.394 e. The molecule has 3 rings (SSSR count). The lowest BCUT2D eigenvalue weighted by atomic mass is 10.1. The molecule has 0 spiro atoms. The van der Waals surface area contributed by atoms with Gasteiger partial charge in [-0.05, 0) is 50.5 Å². The number of halogens is 1. The van der Waals surface area contributed by atoms with Crippen LogP contribution in [-0.4, -0.2) is 40.6 Å². The summed E-state index contributed by atoms with van der Waals surface area (Å²) in [7, 11) is 0. The van der Waals surface area contributed by atoms with Gasteiger partial charge in [0, 0.05) is 29.8 Å². The summed E-state index contributed by atoms with van der Waals surface area (Å²) in [6.07, 6.45) is 3.47. The Morgan fingerprint density at radius 2 is 2.11 bits per heavy atom. The van der Waals surface area contributed by atoms with Crippen LogP contribution in [0, 0.1) is 11.7 Å². The molecule has 0 bridgehead atoms. The Bertz CT molecular complexity index is 841. The zero-order valence-electron chi connectivity index (χ0n) is 15.7. The molecule has 2 aromatic rings. The zero-order chi connectivity index (χ0) is 20.1. The number of hydrogen-bond acceptors (Lipinski definition) is 4. The molecule has 3 atom stereocenters. The van der Waals surface area contributed by atoms with E-state index in [-0.39, 0.29) is 42.2 Å². The van der Waals surface area contributed by atoms with Crippen LogP contribution < -0.4 is 10.6 Å². The van der Waals surface area contributed by atoms with Crippen molar-refractivity contribution in [1.29, 1.82) is 0 Å². The number of aliphatic hydroxyl groups is 1. The van der Waals surface area contributed by atoms with Crippen molar-refractivity contribution in [3.05, 3.63) is 54.0 Å². The maximum absolute atomic E-state index is 13.3. The number of pyridine rings is 1. The number of carbonyl (C=O) groups excluding carboxylic acids is 2. The van der Waals surface area contributed by atoms with Crippen LogP contribution in [0.15, 0.2) is 42.6 Å². The second kappa shape index (κ2) is 8.93. The van der Waals surface area contributed by atoms with Gasteiger partial charge in [0.2, 0.25) is 5.91 Å². The Morgan fingerprint density at radius 1 is 1.29 bits per heavy atom. The van der Waals surface area contributed by atoms with Crippen LogP contribution in [-0.2, 0) is 4.79 Å². The van der Waals surface area contributed by atoms with Crippen molar-refractivity contribution in [2.45, 2.75) is 38.3 Å². The molecule has 7 heteroatoms. The van der Waals surface area contributed by atoms with Crippen LogP contribution in [0.2, 0.25) is 0 Å². The summed E-state index contributed by atoms with van der Waals surface area (Å²) in [5, 5.41) is 14.7. The lowest BCUT2D eigenvalue weighted by Crippen LogP contribution is -2.39. The molecule has 28 heavy (non-hydrogen) atoms. The van der Waals surface area contributed by atoms with Crippen LogP contribution in [0.3, 0.4) is 0 Å². The molecule has 1 aliphatic carbocycles. The molecule has 1 aromatic carbocycles. The lowest BCUT2D eigenvalue weighted by molar-refractivity contribution is -0.125. The molecule has 2 amide bonds. The standard InChI is InChI=1S/C21H24FN3O3/c1-13(12-26)24-20(27)15-5-7-18(10-15)25-21(28)16-6-8-19(23-11-16)14-3-2-4-17(22)9-14/h2-4,6,8-9,11,13,15,18,26H,5,7,10,12H2,1H3,(H,24,27)(H,25,28)/t13?,15-,18+/m1/s1. The number of rotatable bonds is 6. The molecule has 1 aliphatic rings. The van der Waals surface area contributed by atoms with Crippen molar-refractivity contribution in [2.24, 2.45) is 5.92 Å². The van der Waals surface area contributed by atoms with Gasteiger partial charge in [0.15, 0.2) is 0 Å². The van der Waals surface area contributed by atoms with E-state index >= 15 is 0 Å². The van der Waals surface area contributed by atoms with E-state index in [1.807, 2.05) is 0 Å². The third-order valence-electron chi connectivity index (χ3n) is 4.95. The highest BCUT2D eigenvalue weighted by atomic mass is 19.1. The third kappa shape index (κ3) is 4.92. The van der Waals surface area contributed by atoms with Gasteiger partial charge in [-0.3, -0.25) is 14.6 Å². The summed E-state index contributed by atoms with van der Waals surface area (Å²) in [6, 6.07) is 9.12. The summed E-state index contributed by atoms with van der Waals surface area (Å²) in [4.78, 5) is 28.9. The first-order valence-electron chi connectivity index (χ1n) is 9.40. The number of amides is 2. The number of aliphatic hydroxyl groups excluding tert-OH is 1. The van der Waals surface area contributed by atoms with Crippen molar-refractivity contribution in [2.75, 3.05) is 6.61 Å². The van der Waals surface area contributed by atoms with Crippen LogP contribution >= 0.6 is 0 Å². The van der Waals surface area contributed by atoms with E-state index in [9.17, 15) is 14.0 Å². The molecule has 1 fully saturated rings. The quantitative estimate of drug-likeness (QED) is 0.712. The fraction of sp³-hybridized carbons (Fsp3) is 0.381. The molecule has 0 radical (unpaired) electrons. The first-order chi connectivity index (χ1) is 13.5. The van der Waals surface area contributed by atoms with Gasteiger partial charge in [0.25, 0.3) is 5.91 Å². The van der Waals surface area contributed by atoms with Crippen LogP contribution in [0.4, 0.5) is 4.39 Å². The highest BCUT2D eigenvalue weighted by molar-refractivity contribution is 5.94. The molecule has 1 unspecified atom stereocenters. The fourth-order valence-electron chi connectivity index (χ4n) is 3.37. The molecule has 6 nitrogen and oxygen atoms in total. The molecule has 1 saturated carbocycles. The Morgan fingerprint density at radius 3 is 2.79 bits per heavy atom. The molecule has 1 aromatic heterocycles. The van der Waals surface area contributed by atoms with E-state index in [0.717, 1.165) is 6.42 Å². The van der Waals surface area contributed by atoms with Gasteiger partial charge < -0.3 is 15.7 Å². The van der Waals surface area contributed by atoms with Gasteiger partial charge in [-0.1, -0.05) is 12.1 Å². The first-order valence-corrected chi connectivity index (χ1v) is 9.40. The van der Waals surface area contributed by atoms with E-state index < -0.39 is 0 Å². The molecular formula is C21H24FN3O3. The van der Waals surface area contributed by atoms with Gasteiger partial charge in [0.1, 0.15) is 5.82 Å². The second-order valence-electron chi connectivity index (χ2n) is 7.22. The maximum Gasteiger partial charge on any atom is 0.253 e. The van der Waals surface area contributed by atoms with Crippen LogP contribution in [0.25, 0.3) is 11.3 Å². The predicted octanol–water partition coefficient (Wildman–Crippen LogP) is 2.28. The number of nitrogens with one attached hydrogen (secondary N) is 2. The van der Waals surface area contributed by atoms with Gasteiger partial charge in [-0.25, -0.2) is 4.39 Å². The number of carbonyl (C=O) groups is 2. The Labute approximate surface area is 163 Å².